The molecule has 0 saturated heterocycles. The first-order valence-electron chi connectivity index (χ1n) is 4.99. The van der Waals surface area contributed by atoms with Crippen LogP contribution in [0, 0.1) is 0 Å². The number of nitrogens with one attached hydrogen (secondary N) is 1. The van der Waals surface area contributed by atoms with Crippen molar-refractivity contribution in [2.75, 3.05) is 6.61 Å². The summed E-state index contributed by atoms with van der Waals surface area (Å²) in [6.07, 6.45) is 0. The maximum Gasteiger partial charge on any atom is 0.289 e. The zero-order chi connectivity index (χ0) is 10.8. The second-order valence-electron chi connectivity index (χ2n) is 3.77. The highest BCUT2D eigenvalue weighted by molar-refractivity contribution is 5.90. The third-order valence-corrected chi connectivity index (χ3v) is 2.14. The van der Waals surface area contributed by atoms with Gasteiger partial charge in [0.1, 0.15) is 6.61 Å². The van der Waals surface area contributed by atoms with Gasteiger partial charge in [0.25, 0.3) is 5.91 Å². The maximum absolute atomic E-state index is 11.7. The minimum atomic E-state index is -0.175. The van der Waals surface area contributed by atoms with Gasteiger partial charge in [-0.2, -0.15) is 0 Å². The fourth-order valence-electron chi connectivity index (χ4n) is 1.49. The van der Waals surface area contributed by atoms with Crippen LogP contribution in [-0.2, 0) is 17.9 Å². The Bertz CT molecular complexity index is 372. The summed E-state index contributed by atoms with van der Waals surface area (Å²) in [5.74, 6) is 0.919. The van der Waals surface area contributed by atoms with Gasteiger partial charge >= 0.3 is 0 Å². The van der Waals surface area contributed by atoms with E-state index in [0.717, 1.165) is 5.82 Å². The van der Waals surface area contributed by atoms with E-state index in [0.29, 0.717) is 25.6 Å². The molecule has 1 aliphatic heterocycles. The zero-order valence-electron chi connectivity index (χ0n) is 8.86. The van der Waals surface area contributed by atoms with E-state index in [1.165, 1.54) is 0 Å². The second kappa shape index (κ2) is 3.98. The van der Waals surface area contributed by atoms with Gasteiger partial charge in [0, 0.05) is 12.6 Å². The van der Waals surface area contributed by atoms with E-state index < -0.39 is 0 Å². The Morgan fingerprint density at radius 3 is 3.07 bits per heavy atom. The van der Waals surface area contributed by atoms with Crippen molar-refractivity contribution in [2.24, 2.45) is 0 Å². The lowest BCUT2D eigenvalue weighted by molar-refractivity contribution is 0.0776. The number of nitrogens with zero attached hydrogens (tertiary/aromatic N) is 3. The number of fused-ring (bicyclic) bond motifs is 1. The van der Waals surface area contributed by atoms with E-state index in [4.69, 9.17) is 4.74 Å². The van der Waals surface area contributed by atoms with E-state index >= 15 is 0 Å². The Kier molecular flexibility index (Phi) is 2.68. The summed E-state index contributed by atoms with van der Waals surface area (Å²) in [5.41, 5.74) is 0. The van der Waals surface area contributed by atoms with Gasteiger partial charge in [0.2, 0.25) is 5.82 Å². The highest BCUT2D eigenvalue weighted by Crippen LogP contribution is 2.08. The number of hydrogen-bond acceptors (Lipinski definition) is 4. The Morgan fingerprint density at radius 1 is 1.53 bits per heavy atom. The molecule has 1 aliphatic rings. The van der Waals surface area contributed by atoms with Crippen LogP contribution in [0.3, 0.4) is 0 Å². The molecule has 0 radical (unpaired) electrons. The van der Waals surface area contributed by atoms with Gasteiger partial charge in [-0.3, -0.25) is 4.79 Å². The summed E-state index contributed by atoms with van der Waals surface area (Å²) in [6.45, 7) is 5.50. The van der Waals surface area contributed by atoms with Crippen LogP contribution in [0.25, 0.3) is 0 Å². The smallest absolute Gasteiger partial charge is 0.289 e. The predicted molar refractivity (Wildman–Crippen MR) is 52.3 cm³/mol. The molecule has 1 aromatic heterocycles. The molecule has 6 nitrogen and oxygen atoms in total. The average molecular weight is 210 g/mol. The molecule has 0 spiro atoms. The standard InChI is InChI=1S/C9H14N4O2/c1-6(2)10-9(14)8-12-11-7-5-15-4-3-13(7)8/h6H,3-5H2,1-2H3,(H,10,14). The lowest BCUT2D eigenvalue weighted by Crippen LogP contribution is -2.33. The zero-order valence-corrected chi connectivity index (χ0v) is 8.86. The van der Waals surface area contributed by atoms with Gasteiger partial charge < -0.3 is 14.6 Å². The molecule has 0 saturated carbocycles. The van der Waals surface area contributed by atoms with Gasteiger partial charge in [-0.1, -0.05) is 0 Å². The van der Waals surface area contributed by atoms with Gasteiger partial charge in [0.05, 0.1) is 6.61 Å². The molecule has 0 aliphatic carbocycles. The molecule has 15 heavy (non-hydrogen) atoms. The molecule has 1 amide bonds. The van der Waals surface area contributed by atoms with Crippen LogP contribution >= 0.6 is 0 Å². The normalized spacial score (nSPS) is 15.1. The number of amides is 1. The van der Waals surface area contributed by atoms with Gasteiger partial charge in [-0.15, -0.1) is 10.2 Å². The van der Waals surface area contributed by atoms with Crippen molar-refractivity contribution in [1.29, 1.82) is 0 Å². The van der Waals surface area contributed by atoms with E-state index in [2.05, 4.69) is 15.5 Å². The largest absolute Gasteiger partial charge is 0.372 e. The number of carbonyl (C=O) groups is 1. The third kappa shape index (κ3) is 1.99. The first-order valence-corrected chi connectivity index (χ1v) is 4.99. The molecule has 2 rings (SSSR count). The average Bonchev–Trinajstić information content (AvgIpc) is 2.59. The quantitative estimate of drug-likeness (QED) is 0.742. The molecule has 0 atom stereocenters. The van der Waals surface area contributed by atoms with Crippen molar-refractivity contribution in [3.05, 3.63) is 11.6 Å². The summed E-state index contributed by atoms with van der Waals surface area (Å²) in [5, 5.41) is 10.6. The number of aromatic nitrogens is 3. The van der Waals surface area contributed by atoms with Gasteiger partial charge in [-0.25, -0.2) is 0 Å². The van der Waals surface area contributed by atoms with Crippen LogP contribution in [-0.4, -0.2) is 33.3 Å². The van der Waals surface area contributed by atoms with Crippen LogP contribution in [0.5, 0.6) is 0 Å². The molecule has 0 fully saturated rings. The number of rotatable bonds is 2. The third-order valence-electron chi connectivity index (χ3n) is 2.14. The molecule has 0 aromatic carbocycles. The first kappa shape index (κ1) is 10.1. The molecule has 1 N–H and O–H groups in total. The van der Waals surface area contributed by atoms with Gasteiger partial charge in [0.15, 0.2) is 5.82 Å². The van der Waals surface area contributed by atoms with Crippen LogP contribution in [0.1, 0.15) is 30.3 Å². The van der Waals surface area contributed by atoms with E-state index in [1.54, 1.807) is 4.57 Å². The molecule has 6 heteroatoms. The lowest BCUT2D eigenvalue weighted by Gasteiger charge is -2.15. The van der Waals surface area contributed by atoms with E-state index in [-0.39, 0.29) is 11.9 Å². The summed E-state index contributed by atoms with van der Waals surface area (Å²) in [7, 11) is 0. The SMILES string of the molecule is CC(C)NC(=O)c1nnc2n1CCOC2. The van der Waals surface area contributed by atoms with E-state index in [9.17, 15) is 4.79 Å². The van der Waals surface area contributed by atoms with Crippen LogP contribution in [0.15, 0.2) is 0 Å². The Labute approximate surface area is 87.6 Å². The van der Waals surface area contributed by atoms with Crippen molar-refractivity contribution < 1.29 is 9.53 Å². The first-order chi connectivity index (χ1) is 7.18. The molecule has 1 aromatic rings. The minimum absolute atomic E-state index is 0.102. The Hall–Kier alpha value is -1.43. The van der Waals surface area contributed by atoms with Crippen molar-refractivity contribution in [3.8, 4) is 0 Å². The van der Waals surface area contributed by atoms with Crippen molar-refractivity contribution in [2.45, 2.75) is 33.0 Å². The number of ether oxygens (including phenoxy) is 1. The van der Waals surface area contributed by atoms with E-state index in [1.807, 2.05) is 13.8 Å². The highest BCUT2D eigenvalue weighted by atomic mass is 16.5. The Balaban J connectivity index is 2.21. The van der Waals surface area contributed by atoms with Crippen molar-refractivity contribution in [3.63, 3.8) is 0 Å². The van der Waals surface area contributed by atoms with Crippen LogP contribution in [0.4, 0.5) is 0 Å². The lowest BCUT2D eigenvalue weighted by atomic mass is 10.3. The summed E-state index contributed by atoms with van der Waals surface area (Å²) < 4.78 is 7.02. The fraction of sp³-hybridized carbons (Fsp3) is 0.667. The molecular weight excluding hydrogens is 196 g/mol. The topological polar surface area (TPSA) is 69.0 Å². The number of carbonyl (C=O) groups excluding carboxylic acids is 1. The van der Waals surface area contributed by atoms with Crippen LogP contribution < -0.4 is 5.32 Å². The molecule has 2 heterocycles. The summed E-state index contributed by atoms with van der Waals surface area (Å²) >= 11 is 0. The van der Waals surface area contributed by atoms with Crippen molar-refractivity contribution in [1.82, 2.24) is 20.1 Å². The maximum atomic E-state index is 11.7. The number of hydrogen-bond donors (Lipinski definition) is 1. The molecule has 0 unspecified atom stereocenters. The van der Waals surface area contributed by atoms with Gasteiger partial charge in [-0.05, 0) is 13.8 Å². The summed E-state index contributed by atoms with van der Waals surface area (Å²) in [4.78, 5) is 11.7. The minimum Gasteiger partial charge on any atom is -0.372 e. The summed E-state index contributed by atoms with van der Waals surface area (Å²) in [6, 6.07) is 0.102. The molecule has 0 bridgehead atoms. The monoisotopic (exact) mass is 210 g/mol. The molecule has 82 valence electrons. The molecular formula is C9H14N4O2. The fourth-order valence-corrected chi connectivity index (χ4v) is 1.49. The second-order valence-corrected chi connectivity index (χ2v) is 3.77. The van der Waals surface area contributed by atoms with Crippen LogP contribution in [0.2, 0.25) is 0 Å². The van der Waals surface area contributed by atoms with Crippen molar-refractivity contribution >= 4 is 5.91 Å². The Morgan fingerprint density at radius 2 is 2.33 bits per heavy atom. The predicted octanol–water partition coefficient (Wildman–Crippen LogP) is -0.0535. The highest BCUT2D eigenvalue weighted by Gasteiger charge is 2.21.